The van der Waals surface area contributed by atoms with E-state index < -0.39 is 17.2 Å². The number of aromatic nitrogens is 5. The van der Waals surface area contributed by atoms with Crippen molar-refractivity contribution in [3.8, 4) is 5.69 Å². The Balaban J connectivity index is 0.00000204. The Labute approximate surface area is 217 Å². The zero-order valence-corrected chi connectivity index (χ0v) is 22.2. The van der Waals surface area contributed by atoms with Crippen LogP contribution in [0.1, 0.15) is 53.5 Å². The van der Waals surface area contributed by atoms with Gasteiger partial charge in [-0.3, -0.25) is 18.9 Å². The Morgan fingerprint density at radius 2 is 1.85 bits per heavy atom. The number of carboxylic acid groups (broad SMARTS) is 1. The molecule has 0 fully saturated rings. The van der Waals surface area contributed by atoms with E-state index in [0.717, 1.165) is 27.2 Å². The summed E-state index contributed by atoms with van der Waals surface area (Å²) in [6.07, 6.45) is 3.65. The minimum absolute atomic E-state index is 0. The Morgan fingerprint density at radius 1 is 1.21 bits per heavy atom. The smallest absolute Gasteiger partial charge is 1.00 e. The van der Waals surface area contributed by atoms with Gasteiger partial charge in [-0.2, -0.15) is 5.10 Å². The number of fused-ring (bicyclic) bond motifs is 1. The zero-order valence-electron chi connectivity index (χ0n) is 20.4. The van der Waals surface area contributed by atoms with Gasteiger partial charge in [0, 0.05) is 48.0 Å². The van der Waals surface area contributed by atoms with Crippen LogP contribution in [0.15, 0.2) is 34.1 Å². The summed E-state index contributed by atoms with van der Waals surface area (Å²) in [6, 6.07) is 3.45. The normalized spacial score (nSPS) is 11.2. The van der Waals surface area contributed by atoms with Gasteiger partial charge >= 0.3 is 41.2 Å². The summed E-state index contributed by atoms with van der Waals surface area (Å²) in [5.41, 5.74) is 2.27. The molecule has 11 heteroatoms. The molecule has 0 aliphatic rings. The Kier molecular flexibility index (Phi) is 7.13. The number of hydrogen-bond donors (Lipinski definition) is 1. The molecule has 4 rings (SSSR count). The molecule has 0 aromatic carbocycles. The maximum atomic E-state index is 12.9. The summed E-state index contributed by atoms with van der Waals surface area (Å²) in [4.78, 5) is 42.8. The van der Waals surface area contributed by atoms with Crippen LogP contribution in [-0.4, -0.2) is 35.0 Å². The summed E-state index contributed by atoms with van der Waals surface area (Å²) in [7, 11) is 1.37. The van der Waals surface area contributed by atoms with Gasteiger partial charge in [-0.15, -0.1) is 11.3 Å². The summed E-state index contributed by atoms with van der Waals surface area (Å²) in [5, 5.41) is 14.7. The molecule has 0 saturated carbocycles. The first kappa shape index (κ1) is 25.1. The predicted molar refractivity (Wildman–Crippen MR) is 123 cm³/mol. The fourth-order valence-corrected chi connectivity index (χ4v) is 5.39. The van der Waals surface area contributed by atoms with Gasteiger partial charge in [-0.1, -0.05) is 0 Å². The fourth-order valence-electron chi connectivity index (χ4n) is 3.97. The van der Waals surface area contributed by atoms with Gasteiger partial charge < -0.3 is 6.53 Å². The van der Waals surface area contributed by atoms with Crippen molar-refractivity contribution in [2.24, 2.45) is 7.05 Å². The van der Waals surface area contributed by atoms with Crippen molar-refractivity contribution in [3.05, 3.63) is 72.8 Å². The summed E-state index contributed by atoms with van der Waals surface area (Å²) >= 11 is 1.18. The quantitative estimate of drug-likeness (QED) is 0.404. The number of aromatic carboxylic acids is 1. The molecule has 0 aliphatic carbocycles. The molecule has 4 heterocycles. The molecular formula is C22H24N5NaO4S. The van der Waals surface area contributed by atoms with Gasteiger partial charge in [-0.25, -0.2) is 14.3 Å². The van der Waals surface area contributed by atoms with Crippen LogP contribution in [0.25, 0.3) is 15.9 Å². The van der Waals surface area contributed by atoms with Crippen molar-refractivity contribution in [1.82, 2.24) is 23.9 Å². The topological polar surface area (TPSA) is 112 Å². The number of pyridine rings is 1. The molecular weight excluding hydrogens is 453 g/mol. The van der Waals surface area contributed by atoms with Crippen molar-refractivity contribution in [2.75, 3.05) is 0 Å². The van der Waals surface area contributed by atoms with Crippen molar-refractivity contribution < 1.29 is 40.9 Å². The summed E-state index contributed by atoms with van der Waals surface area (Å²) in [5.74, 6) is -1.19. The van der Waals surface area contributed by atoms with E-state index in [4.69, 9.17) is 0 Å². The number of thiophene rings is 1. The van der Waals surface area contributed by atoms with Gasteiger partial charge in [0.15, 0.2) is 0 Å². The predicted octanol–water partition coefficient (Wildman–Crippen LogP) is -0.0544. The minimum Gasteiger partial charge on any atom is -1.00 e. The van der Waals surface area contributed by atoms with Gasteiger partial charge in [0.1, 0.15) is 4.83 Å². The average Bonchev–Trinajstić information content (AvgIpc) is 3.25. The Bertz CT molecular complexity index is 1490. The Morgan fingerprint density at radius 3 is 2.42 bits per heavy atom. The summed E-state index contributed by atoms with van der Waals surface area (Å²) < 4.78 is 4.25. The van der Waals surface area contributed by atoms with E-state index in [1.807, 2.05) is 39.8 Å². The van der Waals surface area contributed by atoms with Crippen LogP contribution in [0.2, 0.25) is 0 Å². The average molecular weight is 478 g/mol. The SMILES string of the molecule is Cc1nn(-c2ccncc2)c(C)c1Cc1sc2c(c1C(=O)O)c(=O)n(C)c(=O)n2C(C)C.[H-].[Na+]. The number of nitrogens with zero attached hydrogens (tertiary/aromatic N) is 5. The van der Waals surface area contributed by atoms with Gasteiger partial charge in [-0.05, 0) is 39.8 Å². The van der Waals surface area contributed by atoms with E-state index in [0.29, 0.717) is 16.1 Å². The monoisotopic (exact) mass is 477 g/mol. The molecule has 0 aliphatic heterocycles. The van der Waals surface area contributed by atoms with Crippen LogP contribution < -0.4 is 40.8 Å². The third-order valence-corrected chi connectivity index (χ3v) is 6.80. The van der Waals surface area contributed by atoms with Gasteiger partial charge in [0.25, 0.3) is 5.56 Å². The number of carboxylic acids is 1. The summed E-state index contributed by atoms with van der Waals surface area (Å²) in [6.45, 7) is 7.46. The molecule has 0 spiro atoms. The number of carbonyl (C=O) groups is 1. The van der Waals surface area contributed by atoms with E-state index >= 15 is 0 Å². The first-order chi connectivity index (χ1) is 15.1. The van der Waals surface area contributed by atoms with Crippen LogP contribution >= 0.6 is 11.3 Å². The van der Waals surface area contributed by atoms with E-state index in [-0.39, 0.29) is 48.0 Å². The van der Waals surface area contributed by atoms with E-state index in [1.165, 1.54) is 23.0 Å². The van der Waals surface area contributed by atoms with E-state index in [1.54, 1.807) is 17.1 Å². The van der Waals surface area contributed by atoms with E-state index in [2.05, 4.69) is 10.1 Å². The van der Waals surface area contributed by atoms with Crippen LogP contribution in [0.3, 0.4) is 0 Å². The largest absolute Gasteiger partial charge is 1.00 e. The number of hydrogen-bond acceptors (Lipinski definition) is 6. The molecule has 9 nitrogen and oxygen atoms in total. The molecule has 1 N–H and O–H groups in total. The van der Waals surface area contributed by atoms with Crippen LogP contribution in [0, 0.1) is 13.8 Å². The number of aryl methyl sites for hydroxylation is 1. The Hall–Kier alpha value is -2.53. The molecule has 0 atom stereocenters. The third-order valence-electron chi connectivity index (χ3n) is 5.61. The maximum absolute atomic E-state index is 12.9. The second-order valence-corrected chi connectivity index (χ2v) is 9.02. The van der Waals surface area contributed by atoms with Gasteiger partial charge in [0.2, 0.25) is 0 Å². The molecule has 4 aromatic rings. The molecule has 168 valence electrons. The molecule has 33 heavy (non-hydrogen) atoms. The fraction of sp³-hybridized carbons (Fsp3) is 0.318. The second kappa shape index (κ2) is 9.38. The van der Waals surface area contributed by atoms with Crippen molar-refractivity contribution in [3.63, 3.8) is 0 Å². The second-order valence-electron chi connectivity index (χ2n) is 7.94. The van der Waals surface area contributed by atoms with Crippen molar-refractivity contribution in [1.29, 1.82) is 0 Å². The molecule has 0 bridgehead atoms. The number of rotatable bonds is 5. The first-order valence-electron chi connectivity index (χ1n) is 10.1. The van der Waals surface area contributed by atoms with Crippen molar-refractivity contribution >= 4 is 27.5 Å². The van der Waals surface area contributed by atoms with E-state index in [9.17, 15) is 19.5 Å². The molecule has 0 unspecified atom stereocenters. The van der Waals surface area contributed by atoms with Crippen molar-refractivity contribution in [2.45, 2.75) is 40.2 Å². The molecule has 0 amide bonds. The standard InChI is InChI=1S/C22H23N5O4S.Na.H/c1-11(2)26-20-18(19(28)25(5)22(26)31)17(21(29)30)16(32-20)10-15-12(3)24-27(13(15)4)14-6-8-23-9-7-14;;/h6-9,11H,10H2,1-5H3,(H,29,30);;/q;+1;-1. The van der Waals surface area contributed by atoms with Gasteiger partial charge in [0.05, 0.1) is 22.3 Å². The minimum atomic E-state index is -1.19. The molecule has 4 aromatic heterocycles. The molecule has 0 saturated heterocycles. The van der Waals surface area contributed by atoms with Crippen LogP contribution in [0.4, 0.5) is 0 Å². The first-order valence-corrected chi connectivity index (χ1v) is 10.9. The molecule has 0 radical (unpaired) electrons. The van der Waals surface area contributed by atoms with Crippen LogP contribution in [0.5, 0.6) is 0 Å². The van der Waals surface area contributed by atoms with Crippen LogP contribution in [-0.2, 0) is 13.5 Å². The zero-order chi connectivity index (χ0) is 23.3. The maximum Gasteiger partial charge on any atom is 1.00 e. The third kappa shape index (κ3) is 4.12.